The van der Waals surface area contributed by atoms with Crippen LogP contribution >= 0.6 is 11.3 Å². The van der Waals surface area contributed by atoms with Gasteiger partial charge in [-0.15, -0.1) is 24.5 Å². The highest BCUT2D eigenvalue weighted by Gasteiger charge is 2.22. The minimum atomic E-state index is -1.26. The molecule has 0 bridgehead atoms. The summed E-state index contributed by atoms with van der Waals surface area (Å²) in [7, 11) is 0. The Bertz CT molecular complexity index is 1450. The molecule has 0 spiro atoms. The van der Waals surface area contributed by atoms with Gasteiger partial charge in [-0.2, -0.15) is 15.0 Å². The van der Waals surface area contributed by atoms with Crippen molar-refractivity contribution in [3.05, 3.63) is 84.8 Å². The van der Waals surface area contributed by atoms with Gasteiger partial charge >= 0.3 is 23.9 Å². The molecule has 0 unspecified atom stereocenters. The molecule has 1 fully saturated rings. The number of aromatic nitrogens is 3. The molecule has 0 radical (unpaired) electrons. The summed E-state index contributed by atoms with van der Waals surface area (Å²) in [6.07, 6.45) is 7.92. The molecule has 1 aliphatic heterocycles. The Balaban J connectivity index is 0.000000397. The Morgan fingerprint density at radius 3 is 1.74 bits per heavy atom. The van der Waals surface area contributed by atoms with Crippen LogP contribution in [0.5, 0.6) is 0 Å². The Morgan fingerprint density at radius 2 is 1.30 bits per heavy atom. The van der Waals surface area contributed by atoms with Crippen molar-refractivity contribution < 1.29 is 39.6 Å². The molecule has 250 valence electrons. The van der Waals surface area contributed by atoms with E-state index in [1.54, 1.807) is 12.2 Å². The lowest BCUT2D eigenvalue weighted by molar-refractivity contribution is -0.134. The maximum atomic E-state index is 9.55. The van der Waals surface area contributed by atoms with Gasteiger partial charge in [-0.3, -0.25) is 0 Å². The number of nitrogens with one attached hydrogen (secondary N) is 3. The highest BCUT2D eigenvalue weighted by atomic mass is 32.1. The number of carbonyl (C=O) groups is 4. The molecule has 16 heteroatoms. The number of anilines is 3. The van der Waals surface area contributed by atoms with Gasteiger partial charge in [-0.05, 0) is 30.4 Å². The Labute approximate surface area is 274 Å². The van der Waals surface area contributed by atoms with Crippen molar-refractivity contribution in [3.8, 4) is 0 Å². The summed E-state index contributed by atoms with van der Waals surface area (Å²) < 4.78 is 1.35. The van der Waals surface area contributed by atoms with Gasteiger partial charge in [-0.1, -0.05) is 30.4 Å². The van der Waals surface area contributed by atoms with Gasteiger partial charge in [0, 0.05) is 72.6 Å². The summed E-state index contributed by atoms with van der Waals surface area (Å²) in [6, 6.07) is 11.4. The lowest BCUT2D eigenvalue weighted by Gasteiger charge is -2.32. The Hall–Kier alpha value is -5.61. The molecule has 0 saturated carbocycles. The maximum Gasteiger partial charge on any atom is 0.328 e. The Kier molecular flexibility index (Phi) is 16.3. The predicted octanol–water partition coefficient (Wildman–Crippen LogP) is 3.46. The third kappa shape index (κ3) is 15.3. The standard InChI is InChI=1S/C23H29N7S.2C4H4O4/c1-3-11-24-21-27-22(25-12-4-2)29-23(28-21)30-13-9-18(10-14-30)26-16-19-15-17-7-5-6-8-20(17)31-19;2*5-3(6)1-2-4(7)8/h3-8,15,18,26H,1-2,9-14,16H2,(H2,24,25,27,28,29);2*1-2H,(H,5,6)(H,7,8). The second-order valence-corrected chi connectivity index (χ2v) is 10.7. The number of benzene rings is 1. The minimum absolute atomic E-state index is 0.500. The van der Waals surface area contributed by atoms with Crippen molar-refractivity contribution in [2.45, 2.75) is 25.4 Å². The molecule has 15 nitrogen and oxygen atoms in total. The summed E-state index contributed by atoms with van der Waals surface area (Å²) >= 11 is 1.87. The van der Waals surface area contributed by atoms with Crippen LogP contribution in [0.15, 0.2) is 79.9 Å². The number of piperidine rings is 1. The van der Waals surface area contributed by atoms with E-state index in [0.717, 1.165) is 32.5 Å². The van der Waals surface area contributed by atoms with Gasteiger partial charge in [0.15, 0.2) is 0 Å². The first-order valence-corrected chi connectivity index (χ1v) is 15.0. The van der Waals surface area contributed by atoms with Gasteiger partial charge in [0.1, 0.15) is 0 Å². The number of carboxylic acids is 4. The van der Waals surface area contributed by atoms with E-state index in [0.29, 0.717) is 61.3 Å². The van der Waals surface area contributed by atoms with Crippen LogP contribution in [0.25, 0.3) is 10.1 Å². The minimum Gasteiger partial charge on any atom is -0.478 e. The monoisotopic (exact) mass is 667 g/mol. The quantitative estimate of drug-likeness (QED) is 0.0965. The van der Waals surface area contributed by atoms with Crippen molar-refractivity contribution in [2.24, 2.45) is 0 Å². The molecule has 4 rings (SSSR count). The molecular formula is C31H37N7O8S. The average molecular weight is 668 g/mol. The first-order valence-electron chi connectivity index (χ1n) is 14.2. The van der Waals surface area contributed by atoms with E-state index in [-0.39, 0.29) is 0 Å². The molecule has 7 N–H and O–H groups in total. The van der Waals surface area contributed by atoms with Crippen molar-refractivity contribution in [2.75, 3.05) is 41.7 Å². The van der Waals surface area contributed by atoms with Crippen LogP contribution in [0.4, 0.5) is 17.8 Å². The van der Waals surface area contributed by atoms with Crippen molar-refractivity contribution in [1.29, 1.82) is 0 Å². The smallest absolute Gasteiger partial charge is 0.328 e. The van der Waals surface area contributed by atoms with E-state index in [1.807, 2.05) is 11.3 Å². The van der Waals surface area contributed by atoms with Crippen LogP contribution in [0, 0.1) is 0 Å². The van der Waals surface area contributed by atoms with Gasteiger partial charge in [0.05, 0.1) is 0 Å². The SMILES string of the molecule is C=CCNc1nc(NCC=C)nc(N2CCC(NCc3cc4ccccc4s3)CC2)n1.O=C(O)C=CC(=O)O.O=C(O)C=CC(=O)O. The molecule has 1 saturated heterocycles. The summed E-state index contributed by atoms with van der Waals surface area (Å²) in [5.41, 5.74) is 0. The fourth-order valence-corrected chi connectivity index (χ4v) is 4.94. The molecule has 0 amide bonds. The van der Waals surface area contributed by atoms with Crippen molar-refractivity contribution in [3.63, 3.8) is 0 Å². The second-order valence-electron chi connectivity index (χ2n) is 9.53. The number of aliphatic carboxylic acids is 4. The zero-order valence-corrected chi connectivity index (χ0v) is 26.2. The molecule has 1 aromatic carbocycles. The Morgan fingerprint density at radius 1 is 0.809 bits per heavy atom. The number of hydrogen-bond acceptors (Lipinski definition) is 12. The van der Waals surface area contributed by atoms with E-state index in [1.165, 1.54) is 15.0 Å². The van der Waals surface area contributed by atoms with Crippen LogP contribution in [0.2, 0.25) is 0 Å². The van der Waals surface area contributed by atoms with Gasteiger partial charge < -0.3 is 41.3 Å². The largest absolute Gasteiger partial charge is 0.478 e. The van der Waals surface area contributed by atoms with E-state index < -0.39 is 23.9 Å². The summed E-state index contributed by atoms with van der Waals surface area (Å²) in [5, 5.41) is 42.6. The summed E-state index contributed by atoms with van der Waals surface area (Å²) in [6.45, 7) is 11.4. The molecular weight excluding hydrogens is 630 g/mol. The molecule has 0 atom stereocenters. The second kappa shape index (κ2) is 20.4. The first kappa shape index (κ1) is 37.6. The number of carboxylic acid groups (broad SMARTS) is 4. The van der Waals surface area contributed by atoms with Crippen LogP contribution in [0.1, 0.15) is 17.7 Å². The molecule has 3 heterocycles. The van der Waals surface area contributed by atoms with Crippen LogP contribution in [0.3, 0.4) is 0 Å². The fourth-order valence-electron chi connectivity index (χ4n) is 3.93. The van der Waals surface area contributed by atoms with Crippen LogP contribution in [-0.4, -0.2) is 91.5 Å². The van der Waals surface area contributed by atoms with Crippen molar-refractivity contribution >= 4 is 63.1 Å². The summed E-state index contributed by atoms with van der Waals surface area (Å²) in [4.78, 5) is 55.5. The highest BCUT2D eigenvalue weighted by molar-refractivity contribution is 7.19. The third-order valence-corrected chi connectivity index (χ3v) is 7.11. The van der Waals surface area contributed by atoms with E-state index >= 15 is 0 Å². The number of fused-ring (bicyclic) bond motifs is 1. The maximum absolute atomic E-state index is 9.55. The van der Waals surface area contributed by atoms with Gasteiger partial charge in [-0.25, -0.2) is 19.2 Å². The average Bonchev–Trinajstić information content (AvgIpc) is 3.47. The molecule has 2 aromatic heterocycles. The molecule has 1 aliphatic rings. The number of hydrogen-bond donors (Lipinski definition) is 7. The topological polar surface area (TPSA) is 227 Å². The fraction of sp³-hybridized carbons (Fsp3) is 0.258. The third-order valence-electron chi connectivity index (χ3n) is 5.99. The van der Waals surface area contributed by atoms with E-state index in [4.69, 9.17) is 20.4 Å². The molecule has 0 aliphatic carbocycles. The normalized spacial score (nSPS) is 12.8. The van der Waals surface area contributed by atoms with E-state index in [9.17, 15) is 19.2 Å². The number of thiophene rings is 1. The number of nitrogens with zero attached hydrogens (tertiary/aromatic N) is 4. The molecule has 47 heavy (non-hydrogen) atoms. The lowest BCUT2D eigenvalue weighted by Crippen LogP contribution is -2.43. The van der Waals surface area contributed by atoms with Gasteiger partial charge in [0.25, 0.3) is 0 Å². The van der Waals surface area contributed by atoms with E-state index in [2.05, 4.69) is 79.3 Å². The van der Waals surface area contributed by atoms with Crippen LogP contribution in [-0.2, 0) is 25.7 Å². The highest BCUT2D eigenvalue weighted by Crippen LogP contribution is 2.26. The zero-order chi connectivity index (χ0) is 34.6. The zero-order valence-electron chi connectivity index (χ0n) is 25.4. The predicted molar refractivity (Wildman–Crippen MR) is 180 cm³/mol. The lowest BCUT2D eigenvalue weighted by atomic mass is 10.1. The summed E-state index contributed by atoms with van der Waals surface area (Å²) in [5.74, 6) is -3.21. The van der Waals surface area contributed by atoms with Crippen molar-refractivity contribution in [1.82, 2.24) is 20.3 Å². The first-order chi connectivity index (χ1) is 22.5. The van der Waals surface area contributed by atoms with Gasteiger partial charge in [0.2, 0.25) is 17.8 Å². The molecule has 3 aromatic rings. The van der Waals surface area contributed by atoms with Crippen LogP contribution < -0.4 is 20.9 Å². The number of rotatable bonds is 14.